The summed E-state index contributed by atoms with van der Waals surface area (Å²) in [5.74, 6) is 0. The fourth-order valence-electron chi connectivity index (χ4n) is 2.03. The predicted molar refractivity (Wildman–Crippen MR) is 72.3 cm³/mol. The number of hydrogen-bond acceptors (Lipinski definition) is 3. The maximum atomic E-state index is 4.18. The van der Waals surface area contributed by atoms with Gasteiger partial charge in [0.2, 0.25) is 0 Å². The first-order chi connectivity index (χ1) is 8.83. The Bertz CT molecular complexity index is 667. The quantitative estimate of drug-likeness (QED) is 0.762. The first-order valence-corrected chi connectivity index (χ1v) is 5.87. The molecule has 1 aromatic carbocycles. The van der Waals surface area contributed by atoms with Crippen molar-refractivity contribution in [3.05, 3.63) is 54.6 Å². The zero-order chi connectivity index (χ0) is 12.4. The third-order valence-corrected chi connectivity index (χ3v) is 2.92. The van der Waals surface area contributed by atoms with Crippen LogP contribution >= 0.6 is 0 Å². The largest absolute Gasteiger partial charge is 0.380 e. The van der Waals surface area contributed by atoms with Crippen molar-refractivity contribution >= 4 is 16.5 Å². The molecule has 0 unspecified atom stereocenters. The van der Waals surface area contributed by atoms with Crippen molar-refractivity contribution in [3.63, 3.8) is 0 Å². The molecule has 4 nitrogen and oxygen atoms in total. The van der Waals surface area contributed by atoms with E-state index in [1.54, 1.807) is 0 Å². The highest BCUT2D eigenvalue weighted by atomic mass is 15.2. The molecule has 3 rings (SSSR count). The molecular weight excluding hydrogens is 224 g/mol. The van der Waals surface area contributed by atoms with Gasteiger partial charge in [0.25, 0.3) is 0 Å². The van der Waals surface area contributed by atoms with E-state index < -0.39 is 0 Å². The normalized spacial score (nSPS) is 10.7. The summed E-state index contributed by atoms with van der Waals surface area (Å²) in [6, 6.07) is 8.23. The topological polar surface area (TPSA) is 42.7 Å². The Labute approximate surface area is 105 Å². The molecular formula is C14H14N4. The van der Waals surface area contributed by atoms with Crippen LogP contribution in [0.3, 0.4) is 0 Å². The second kappa shape index (κ2) is 4.49. The van der Waals surface area contributed by atoms with Crippen LogP contribution in [0.25, 0.3) is 10.8 Å². The summed E-state index contributed by atoms with van der Waals surface area (Å²) in [4.78, 5) is 4.18. The third kappa shape index (κ3) is 2.05. The fourth-order valence-corrected chi connectivity index (χ4v) is 2.03. The highest BCUT2D eigenvalue weighted by molar-refractivity contribution is 5.92. The smallest absolute Gasteiger partial charge is 0.0539 e. The van der Waals surface area contributed by atoms with E-state index in [1.165, 1.54) is 10.9 Å². The van der Waals surface area contributed by atoms with Crippen LogP contribution in [0.4, 0.5) is 5.69 Å². The van der Waals surface area contributed by atoms with E-state index in [4.69, 9.17) is 0 Å². The van der Waals surface area contributed by atoms with E-state index in [2.05, 4.69) is 27.5 Å². The van der Waals surface area contributed by atoms with Crippen molar-refractivity contribution in [2.24, 2.45) is 7.05 Å². The van der Waals surface area contributed by atoms with Crippen molar-refractivity contribution in [1.82, 2.24) is 14.8 Å². The molecule has 0 saturated carbocycles. The summed E-state index contributed by atoms with van der Waals surface area (Å²) in [5.41, 5.74) is 2.27. The summed E-state index contributed by atoms with van der Waals surface area (Å²) in [7, 11) is 1.92. The van der Waals surface area contributed by atoms with Gasteiger partial charge in [0.15, 0.2) is 0 Å². The molecule has 0 radical (unpaired) electrons. The number of hydrogen-bond donors (Lipinski definition) is 1. The molecule has 2 heterocycles. The molecule has 0 aliphatic rings. The molecule has 0 atom stereocenters. The van der Waals surface area contributed by atoms with E-state index in [0.717, 1.165) is 17.6 Å². The van der Waals surface area contributed by atoms with Crippen LogP contribution in [0.2, 0.25) is 0 Å². The van der Waals surface area contributed by atoms with Crippen molar-refractivity contribution in [2.45, 2.75) is 6.54 Å². The Morgan fingerprint density at radius 1 is 1.22 bits per heavy atom. The third-order valence-electron chi connectivity index (χ3n) is 2.92. The predicted octanol–water partition coefficient (Wildman–Crippen LogP) is 2.58. The van der Waals surface area contributed by atoms with Crippen LogP contribution in [-0.4, -0.2) is 14.8 Å². The molecule has 0 fully saturated rings. The van der Waals surface area contributed by atoms with E-state index in [9.17, 15) is 0 Å². The molecule has 18 heavy (non-hydrogen) atoms. The van der Waals surface area contributed by atoms with Gasteiger partial charge in [-0.25, -0.2) is 0 Å². The van der Waals surface area contributed by atoms with Crippen LogP contribution in [-0.2, 0) is 13.6 Å². The van der Waals surface area contributed by atoms with E-state index in [0.29, 0.717) is 0 Å². The van der Waals surface area contributed by atoms with Gasteiger partial charge in [0.1, 0.15) is 0 Å². The molecule has 0 amide bonds. The summed E-state index contributed by atoms with van der Waals surface area (Å²) in [6.45, 7) is 0.766. The first kappa shape index (κ1) is 10.8. The molecule has 1 N–H and O–H groups in total. The number of aromatic nitrogens is 3. The summed E-state index contributed by atoms with van der Waals surface area (Å²) in [6.07, 6.45) is 7.58. The summed E-state index contributed by atoms with van der Waals surface area (Å²) < 4.78 is 1.81. The lowest BCUT2D eigenvalue weighted by Crippen LogP contribution is -1.99. The van der Waals surface area contributed by atoms with Gasteiger partial charge < -0.3 is 5.32 Å². The Kier molecular flexibility index (Phi) is 2.68. The number of aryl methyl sites for hydroxylation is 1. The summed E-state index contributed by atoms with van der Waals surface area (Å²) in [5, 5.41) is 9.92. The maximum absolute atomic E-state index is 4.18. The van der Waals surface area contributed by atoms with Gasteiger partial charge in [-0.2, -0.15) is 5.10 Å². The average Bonchev–Trinajstić information content (AvgIpc) is 2.82. The van der Waals surface area contributed by atoms with Gasteiger partial charge in [-0.05, 0) is 17.5 Å². The Hall–Kier alpha value is -2.36. The van der Waals surface area contributed by atoms with E-state index >= 15 is 0 Å². The lowest BCUT2D eigenvalue weighted by Gasteiger charge is -2.08. The molecule has 0 spiro atoms. The van der Waals surface area contributed by atoms with E-state index in [1.807, 2.05) is 48.6 Å². The SMILES string of the molecule is Cn1cc(CNc2cccc3ccncc23)cn1. The van der Waals surface area contributed by atoms with Crippen LogP contribution in [0, 0.1) is 0 Å². The Morgan fingerprint density at radius 2 is 2.17 bits per heavy atom. The average molecular weight is 238 g/mol. The molecule has 0 bridgehead atoms. The minimum absolute atomic E-state index is 0.766. The second-order valence-corrected chi connectivity index (χ2v) is 4.28. The zero-order valence-electron chi connectivity index (χ0n) is 10.2. The molecule has 0 saturated heterocycles. The number of pyridine rings is 1. The molecule has 90 valence electrons. The highest BCUT2D eigenvalue weighted by Crippen LogP contribution is 2.22. The number of fused-ring (bicyclic) bond motifs is 1. The number of nitrogens with zero attached hydrogens (tertiary/aromatic N) is 3. The molecule has 4 heteroatoms. The van der Waals surface area contributed by atoms with Crippen LogP contribution in [0.5, 0.6) is 0 Å². The highest BCUT2D eigenvalue weighted by Gasteiger charge is 2.01. The van der Waals surface area contributed by atoms with Gasteiger partial charge >= 0.3 is 0 Å². The van der Waals surface area contributed by atoms with Gasteiger partial charge in [-0.3, -0.25) is 9.67 Å². The van der Waals surface area contributed by atoms with Crippen molar-refractivity contribution in [1.29, 1.82) is 0 Å². The lowest BCUT2D eigenvalue weighted by atomic mass is 10.1. The van der Waals surface area contributed by atoms with Crippen molar-refractivity contribution in [2.75, 3.05) is 5.32 Å². The first-order valence-electron chi connectivity index (χ1n) is 5.87. The van der Waals surface area contributed by atoms with Crippen LogP contribution in [0.1, 0.15) is 5.56 Å². The van der Waals surface area contributed by atoms with Crippen molar-refractivity contribution in [3.8, 4) is 0 Å². The number of rotatable bonds is 3. The van der Waals surface area contributed by atoms with Crippen LogP contribution in [0.15, 0.2) is 49.1 Å². The number of benzene rings is 1. The van der Waals surface area contributed by atoms with Crippen LogP contribution < -0.4 is 5.32 Å². The number of nitrogens with one attached hydrogen (secondary N) is 1. The molecule has 0 aliphatic carbocycles. The molecule has 0 aliphatic heterocycles. The lowest BCUT2D eigenvalue weighted by molar-refractivity contribution is 0.767. The molecule has 3 aromatic rings. The van der Waals surface area contributed by atoms with Gasteiger partial charge in [-0.1, -0.05) is 12.1 Å². The minimum Gasteiger partial charge on any atom is -0.380 e. The minimum atomic E-state index is 0.766. The molecule has 2 aromatic heterocycles. The fraction of sp³-hybridized carbons (Fsp3) is 0.143. The standard InChI is InChI=1S/C14H14N4/c1-18-10-11(8-17-18)7-16-14-4-2-3-12-5-6-15-9-13(12)14/h2-6,8-10,16H,7H2,1H3. The Balaban J connectivity index is 1.86. The van der Waals surface area contributed by atoms with Gasteiger partial charge in [0, 0.05) is 48.8 Å². The monoisotopic (exact) mass is 238 g/mol. The van der Waals surface area contributed by atoms with E-state index in [-0.39, 0.29) is 0 Å². The Morgan fingerprint density at radius 3 is 3.00 bits per heavy atom. The zero-order valence-corrected chi connectivity index (χ0v) is 10.2. The summed E-state index contributed by atoms with van der Waals surface area (Å²) >= 11 is 0. The van der Waals surface area contributed by atoms with Gasteiger partial charge in [-0.15, -0.1) is 0 Å². The number of anilines is 1. The van der Waals surface area contributed by atoms with Gasteiger partial charge in [0.05, 0.1) is 6.20 Å². The second-order valence-electron chi connectivity index (χ2n) is 4.28. The maximum Gasteiger partial charge on any atom is 0.0539 e. The van der Waals surface area contributed by atoms with Crippen molar-refractivity contribution < 1.29 is 0 Å².